The second-order valence-corrected chi connectivity index (χ2v) is 8.11. The molecule has 1 fully saturated rings. The number of thioether (sulfide) groups is 1. The summed E-state index contributed by atoms with van der Waals surface area (Å²) in [6, 6.07) is 1.61. The van der Waals surface area contributed by atoms with Gasteiger partial charge in [0.2, 0.25) is 5.91 Å². The van der Waals surface area contributed by atoms with E-state index in [1.807, 2.05) is 35.8 Å². The van der Waals surface area contributed by atoms with Gasteiger partial charge in [-0.25, -0.2) is 0 Å². The van der Waals surface area contributed by atoms with Crippen molar-refractivity contribution in [1.82, 2.24) is 19.6 Å². The molecule has 22 heavy (non-hydrogen) atoms. The minimum Gasteiger partial charge on any atom is -0.348 e. The number of amidine groups is 1. The quantitative estimate of drug-likeness (QED) is 0.828. The molecule has 6 nitrogen and oxygen atoms in total. The first-order valence-corrected chi connectivity index (χ1v) is 8.54. The zero-order valence-corrected chi connectivity index (χ0v) is 14.2. The number of amides is 1. The first-order valence-electron chi connectivity index (χ1n) is 7.73. The third kappa shape index (κ3) is 3.14. The van der Waals surface area contributed by atoms with E-state index < -0.39 is 0 Å². The molecule has 0 radical (unpaired) electrons. The second kappa shape index (κ2) is 5.95. The van der Waals surface area contributed by atoms with Crippen LogP contribution in [-0.2, 0) is 4.79 Å². The van der Waals surface area contributed by atoms with Crippen LogP contribution in [-0.4, -0.2) is 68.1 Å². The van der Waals surface area contributed by atoms with Crippen molar-refractivity contribution in [2.45, 2.75) is 31.6 Å². The Bertz CT molecular complexity index is 560. The molecule has 0 unspecified atom stereocenters. The highest BCUT2D eigenvalue weighted by atomic mass is 32.2. The lowest BCUT2D eigenvalue weighted by Gasteiger charge is -2.37. The van der Waals surface area contributed by atoms with Gasteiger partial charge in [-0.15, -0.1) is 0 Å². The van der Waals surface area contributed by atoms with E-state index in [0.29, 0.717) is 0 Å². The van der Waals surface area contributed by atoms with Crippen LogP contribution in [0.4, 0.5) is 0 Å². The summed E-state index contributed by atoms with van der Waals surface area (Å²) >= 11 is 1.85. The van der Waals surface area contributed by atoms with Crippen molar-refractivity contribution in [3.8, 4) is 0 Å². The molecule has 0 bridgehead atoms. The minimum atomic E-state index is -0.237. The van der Waals surface area contributed by atoms with Crippen LogP contribution in [0.1, 0.15) is 26.8 Å². The van der Waals surface area contributed by atoms with Crippen molar-refractivity contribution in [2.75, 3.05) is 32.7 Å². The Morgan fingerprint density at radius 3 is 2.59 bits per heavy atom. The topological polar surface area (TPSA) is 53.7 Å². The van der Waals surface area contributed by atoms with E-state index in [-0.39, 0.29) is 16.7 Å². The normalized spacial score (nSPS) is 22.6. The minimum absolute atomic E-state index is 0.143. The predicted molar refractivity (Wildman–Crippen MR) is 89.1 cm³/mol. The average Bonchev–Trinajstić information content (AvgIpc) is 3.15. The fourth-order valence-electron chi connectivity index (χ4n) is 2.74. The number of aliphatic imine (C=N–C) groups is 1. The molecule has 3 rings (SSSR count). The highest BCUT2D eigenvalue weighted by Gasteiger charge is 2.33. The smallest absolute Gasteiger partial charge is 0.247 e. The maximum atomic E-state index is 12.5. The maximum absolute atomic E-state index is 12.5. The predicted octanol–water partition coefficient (Wildman–Crippen LogP) is 1.47. The van der Waals surface area contributed by atoms with E-state index >= 15 is 0 Å². The number of hydrogen-bond acceptors (Lipinski definition) is 5. The van der Waals surface area contributed by atoms with Gasteiger partial charge >= 0.3 is 0 Å². The summed E-state index contributed by atoms with van der Waals surface area (Å²) in [4.78, 5) is 21.4. The number of carbonyl (C=O) groups excluding carboxylic acids is 1. The van der Waals surface area contributed by atoms with Crippen LogP contribution < -0.4 is 0 Å². The van der Waals surface area contributed by atoms with Crippen molar-refractivity contribution in [2.24, 2.45) is 4.99 Å². The van der Waals surface area contributed by atoms with E-state index in [4.69, 9.17) is 0 Å². The number of hydrogen-bond donors (Lipinski definition) is 0. The number of piperazine rings is 1. The fourth-order valence-corrected chi connectivity index (χ4v) is 3.80. The van der Waals surface area contributed by atoms with Crippen LogP contribution in [0.5, 0.6) is 0 Å². The van der Waals surface area contributed by atoms with E-state index in [9.17, 15) is 4.79 Å². The van der Waals surface area contributed by atoms with Gasteiger partial charge in [0.15, 0.2) is 5.17 Å². The van der Waals surface area contributed by atoms with E-state index in [1.54, 1.807) is 10.9 Å². The van der Waals surface area contributed by atoms with E-state index in [1.165, 1.54) is 0 Å². The molecule has 1 aromatic rings. The SMILES string of the molecule is C[C@H](C(=O)N1CCN(C2=NCC(C)(C)S2)CC1)n1cccn1. The number of carbonyl (C=O) groups is 1. The van der Waals surface area contributed by atoms with Crippen LogP contribution in [0.3, 0.4) is 0 Å². The van der Waals surface area contributed by atoms with Crippen LogP contribution in [0.25, 0.3) is 0 Å². The molecule has 0 saturated carbocycles. The zero-order chi connectivity index (χ0) is 15.7. The van der Waals surface area contributed by atoms with Gasteiger partial charge in [-0.3, -0.25) is 14.5 Å². The van der Waals surface area contributed by atoms with Gasteiger partial charge in [0.25, 0.3) is 0 Å². The van der Waals surface area contributed by atoms with Crippen molar-refractivity contribution in [1.29, 1.82) is 0 Å². The van der Waals surface area contributed by atoms with E-state index in [2.05, 4.69) is 28.8 Å². The summed E-state index contributed by atoms with van der Waals surface area (Å²) in [5.41, 5.74) is 0. The maximum Gasteiger partial charge on any atom is 0.247 e. The largest absolute Gasteiger partial charge is 0.348 e. The summed E-state index contributed by atoms with van der Waals surface area (Å²) in [6.07, 6.45) is 3.55. The highest BCUT2D eigenvalue weighted by molar-refractivity contribution is 8.15. The van der Waals surface area contributed by atoms with E-state index in [0.717, 1.165) is 37.9 Å². The molecule has 1 saturated heterocycles. The molecule has 0 aromatic carbocycles. The van der Waals surface area contributed by atoms with Gasteiger partial charge in [0.1, 0.15) is 6.04 Å². The van der Waals surface area contributed by atoms with Gasteiger partial charge < -0.3 is 9.80 Å². The molecule has 1 aromatic heterocycles. The molecule has 1 atom stereocenters. The van der Waals surface area contributed by atoms with Crippen molar-refractivity contribution in [3.63, 3.8) is 0 Å². The number of nitrogens with zero attached hydrogens (tertiary/aromatic N) is 5. The monoisotopic (exact) mass is 321 g/mol. The Hall–Kier alpha value is -1.50. The summed E-state index contributed by atoms with van der Waals surface area (Å²) in [5.74, 6) is 0.143. The van der Waals surface area contributed by atoms with Crippen molar-refractivity contribution < 1.29 is 4.79 Å². The first-order chi connectivity index (χ1) is 10.5. The second-order valence-electron chi connectivity index (χ2n) is 6.43. The van der Waals surface area contributed by atoms with Crippen LogP contribution >= 0.6 is 11.8 Å². The third-order valence-corrected chi connectivity index (χ3v) is 5.36. The lowest BCUT2D eigenvalue weighted by molar-refractivity contribution is -0.135. The molecule has 0 N–H and O–H groups in total. The molecular weight excluding hydrogens is 298 g/mol. The van der Waals surface area contributed by atoms with Crippen molar-refractivity contribution >= 4 is 22.8 Å². The summed E-state index contributed by atoms with van der Waals surface area (Å²) in [6.45, 7) is 10.5. The van der Waals surface area contributed by atoms with Gasteiger partial charge in [-0.2, -0.15) is 5.10 Å². The third-order valence-electron chi connectivity index (χ3n) is 4.10. The molecular formula is C15H23N5OS. The fraction of sp³-hybridized carbons (Fsp3) is 0.667. The molecule has 3 heterocycles. The Labute approximate surface area is 135 Å². The Balaban J connectivity index is 1.55. The Kier molecular flexibility index (Phi) is 4.16. The lowest BCUT2D eigenvalue weighted by atomic mass is 10.2. The number of rotatable bonds is 2. The summed E-state index contributed by atoms with van der Waals surface area (Å²) in [7, 11) is 0. The highest BCUT2D eigenvalue weighted by Crippen LogP contribution is 2.33. The van der Waals surface area contributed by atoms with Gasteiger partial charge in [-0.1, -0.05) is 11.8 Å². The summed E-state index contributed by atoms with van der Waals surface area (Å²) < 4.78 is 1.92. The molecule has 7 heteroatoms. The standard InChI is InChI=1S/C15H23N5OS/c1-12(20-6-4-5-17-20)13(21)18-7-9-19(10-8-18)14-16-11-15(2,3)22-14/h4-6,12H,7-11H2,1-3H3/t12-/m1/s1. The number of aromatic nitrogens is 2. The van der Waals surface area contributed by atoms with Gasteiger partial charge in [0, 0.05) is 43.3 Å². The Morgan fingerprint density at radius 2 is 2.05 bits per heavy atom. The molecule has 120 valence electrons. The molecule has 0 spiro atoms. The average molecular weight is 321 g/mol. The molecule has 1 amide bonds. The molecule has 2 aliphatic heterocycles. The zero-order valence-electron chi connectivity index (χ0n) is 13.4. The van der Waals surface area contributed by atoms with Crippen LogP contribution in [0.15, 0.2) is 23.5 Å². The van der Waals surface area contributed by atoms with Gasteiger partial charge in [0.05, 0.1) is 6.54 Å². The lowest BCUT2D eigenvalue weighted by Crippen LogP contribution is -2.51. The van der Waals surface area contributed by atoms with Crippen LogP contribution in [0, 0.1) is 0 Å². The summed E-state index contributed by atoms with van der Waals surface area (Å²) in [5, 5.41) is 5.30. The Morgan fingerprint density at radius 1 is 1.32 bits per heavy atom. The van der Waals surface area contributed by atoms with Gasteiger partial charge in [-0.05, 0) is 26.8 Å². The first kappa shape index (κ1) is 15.4. The molecule has 0 aliphatic carbocycles. The van der Waals surface area contributed by atoms with Crippen LogP contribution in [0.2, 0.25) is 0 Å². The van der Waals surface area contributed by atoms with Crippen molar-refractivity contribution in [3.05, 3.63) is 18.5 Å². The molecule has 2 aliphatic rings.